The van der Waals surface area contributed by atoms with Gasteiger partial charge in [-0.3, -0.25) is 10.1 Å². The number of benzene rings is 1. The Morgan fingerprint density at radius 2 is 2.40 bits per heavy atom. The van der Waals surface area contributed by atoms with Crippen molar-refractivity contribution in [3.63, 3.8) is 0 Å². The SMILES string of the molecule is CN1CCCC(CNc2cc(C#N)ccc2[N+](=O)[O-])C1. The van der Waals surface area contributed by atoms with E-state index < -0.39 is 4.92 Å². The first-order valence-corrected chi connectivity index (χ1v) is 6.71. The van der Waals surface area contributed by atoms with Crippen LogP contribution in [-0.4, -0.2) is 36.5 Å². The molecule has 20 heavy (non-hydrogen) atoms. The summed E-state index contributed by atoms with van der Waals surface area (Å²) in [6.45, 7) is 2.80. The smallest absolute Gasteiger partial charge is 0.292 e. The summed E-state index contributed by atoms with van der Waals surface area (Å²) in [6, 6.07) is 6.41. The van der Waals surface area contributed by atoms with Gasteiger partial charge in [0.05, 0.1) is 16.6 Å². The van der Waals surface area contributed by atoms with Crippen LogP contribution in [0.15, 0.2) is 18.2 Å². The Bertz CT molecular complexity index is 538. The molecule has 0 aliphatic carbocycles. The van der Waals surface area contributed by atoms with E-state index in [4.69, 9.17) is 5.26 Å². The lowest BCUT2D eigenvalue weighted by molar-refractivity contribution is -0.384. The molecule has 0 saturated carbocycles. The highest BCUT2D eigenvalue weighted by Crippen LogP contribution is 2.26. The van der Waals surface area contributed by atoms with Gasteiger partial charge >= 0.3 is 0 Å². The minimum absolute atomic E-state index is 0.0214. The topological polar surface area (TPSA) is 82.2 Å². The van der Waals surface area contributed by atoms with E-state index in [1.165, 1.54) is 12.1 Å². The molecule has 6 heteroatoms. The fraction of sp³-hybridized carbons (Fsp3) is 0.500. The molecule has 1 saturated heterocycles. The molecule has 0 aromatic heterocycles. The van der Waals surface area contributed by atoms with Crippen LogP contribution < -0.4 is 5.32 Å². The van der Waals surface area contributed by atoms with Crippen LogP contribution in [0.25, 0.3) is 0 Å². The van der Waals surface area contributed by atoms with Crippen molar-refractivity contribution in [2.75, 3.05) is 32.0 Å². The zero-order chi connectivity index (χ0) is 14.5. The summed E-state index contributed by atoms with van der Waals surface area (Å²) in [5, 5.41) is 23.0. The number of piperidine rings is 1. The first kappa shape index (κ1) is 14.3. The van der Waals surface area contributed by atoms with Crippen molar-refractivity contribution in [1.29, 1.82) is 5.26 Å². The van der Waals surface area contributed by atoms with Crippen molar-refractivity contribution in [2.24, 2.45) is 5.92 Å². The molecule has 0 amide bonds. The van der Waals surface area contributed by atoms with Crippen LogP contribution in [0.1, 0.15) is 18.4 Å². The second kappa shape index (κ2) is 6.35. The molecule has 1 fully saturated rings. The van der Waals surface area contributed by atoms with E-state index in [0.717, 1.165) is 25.9 Å². The van der Waals surface area contributed by atoms with Crippen molar-refractivity contribution in [3.8, 4) is 6.07 Å². The maximum Gasteiger partial charge on any atom is 0.292 e. The Morgan fingerprint density at radius 3 is 3.05 bits per heavy atom. The third-order valence-corrected chi connectivity index (χ3v) is 3.63. The fourth-order valence-electron chi connectivity index (χ4n) is 2.60. The van der Waals surface area contributed by atoms with Crippen molar-refractivity contribution in [3.05, 3.63) is 33.9 Å². The lowest BCUT2D eigenvalue weighted by atomic mass is 9.98. The van der Waals surface area contributed by atoms with E-state index in [2.05, 4.69) is 17.3 Å². The van der Waals surface area contributed by atoms with Crippen LogP contribution >= 0.6 is 0 Å². The maximum absolute atomic E-state index is 11.0. The highest BCUT2D eigenvalue weighted by Gasteiger charge is 2.19. The van der Waals surface area contributed by atoms with Gasteiger partial charge in [-0.15, -0.1) is 0 Å². The van der Waals surface area contributed by atoms with E-state index in [1.54, 1.807) is 6.07 Å². The number of nitro groups is 1. The van der Waals surface area contributed by atoms with Gasteiger partial charge in [0.25, 0.3) is 5.69 Å². The minimum Gasteiger partial charge on any atom is -0.379 e. The predicted octanol–water partition coefficient (Wildman–Crippen LogP) is 2.22. The number of anilines is 1. The molecule has 1 atom stereocenters. The second-order valence-corrected chi connectivity index (χ2v) is 5.25. The maximum atomic E-state index is 11.0. The molecule has 2 rings (SSSR count). The van der Waals surface area contributed by atoms with Gasteiger partial charge in [-0.1, -0.05) is 0 Å². The molecule has 0 radical (unpaired) electrons. The molecule has 6 nitrogen and oxygen atoms in total. The van der Waals surface area contributed by atoms with Crippen molar-refractivity contribution < 1.29 is 4.92 Å². The fourth-order valence-corrected chi connectivity index (χ4v) is 2.60. The zero-order valence-electron chi connectivity index (χ0n) is 11.5. The lowest BCUT2D eigenvalue weighted by Gasteiger charge is -2.29. The normalized spacial score (nSPS) is 19.3. The summed E-state index contributed by atoms with van der Waals surface area (Å²) in [4.78, 5) is 12.9. The van der Waals surface area contributed by atoms with E-state index in [9.17, 15) is 10.1 Å². The van der Waals surface area contributed by atoms with Crippen LogP contribution in [0.2, 0.25) is 0 Å². The first-order chi connectivity index (χ1) is 9.60. The summed E-state index contributed by atoms with van der Waals surface area (Å²) >= 11 is 0. The molecular weight excluding hydrogens is 256 g/mol. The van der Waals surface area contributed by atoms with Gasteiger partial charge in [0.1, 0.15) is 5.69 Å². The molecule has 1 N–H and O–H groups in total. The quantitative estimate of drug-likeness (QED) is 0.672. The number of rotatable bonds is 4. The van der Waals surface area contributed by atoms with Gasteiger partial charge in [-0.05, 0) is 44.5 Å². The molecule has 1 unspecified atom stereocenters. The minimum atomic E-state index is -0.420. The largest absolute Gasteiger partial charge is 0.379 e. The average Bonchev–Trinajstić information content (AvgIpc) is 2.44. The third kappa shape index (κ3) is 3.45. The third-order valence-electron chi connectivity index (χ3n) is 3.63. The summed E-state index contributed by atoms with van der Waals surface area (Å²) in [6.07, 6.45) is 2.28. The summed E-state index contributed by atoms with van der Waals surface area (Å²) in [5.74, 6) is 0.485. The number of hydrogen-bond donors (Lipinski definition) is 1. The molecule has 106 valence electrons. The van der Waals surface area contributed by atoms with Crippen LogP contribution in [-0.2, 0) is 0 Å². The van der Waals surface area contributed by atoms with Crippen molar-refractivity contribution >= 4 is 11.4 Å². The standard InChI is InChI=1S/C14H18N4O2/c1-17-6-2-3-12(10-17)9-16-13-7-11(8-15)4-5-14(13)18(19)20/h4-5,7,12,16H,2-3,6,9-10H2,1H3. The van der Waals surface area contributed by atoms with E-state index in [-0.39, 0.29) is 5.69 Å². The van der Waals surface area contributed by atoms with Gasteiger partial charge in [0.15, 0.2) is 0 Å². The Balaban J connectivity index is 2.07. The summed E-state index contributed by atoms with van der Waals surface area (Å²) < 4.78 is 0. The lowest BCUT2D eigenvalue weighted by Crippen LogP contribution is -2.35. The molecule has 1 heterocycles. The van der Waals surface area contributed by atoms with E-state index >= 15 is 0 Å². The summed E-state index contributed by atoms with van der Waals surface area (Å²) in [7, 11) is 2.09. The number of nitrogens with zero attached hydrogens (tertiary/aromatic N) is 3. The Labute approximate surface area is 118 Å². The van der Waals surface area contributed by atoms with Gasteiger partial charge in [0, 0.05) is 19.2 Å². The first-order valence-electron chi connectivity index (χ1n) is 6.71. The van der Waals surface area contributed by atoms with Crippen LogP contribution in [0, 0.1) is 27.4 Å². The molecule has 1 aliphatic rings. The Morgan fingerprint density at radius 1 is 1.60 bits per heavy atom. The highest BCUT2D eigenvalue weighted by atomic mass is 16.6. The molecule has 0 bridgehead atoms. The van der Waals surface area contributed by atoms with Gasteiger partial charge in [0.2, 0.25) is 0 Å². The van der Waals surface area contributed by atoms with E-state index in [0.29, 0.717) is 23.7 Å². The Kier molecular flexibility index (Phi) is 4.53. The molecule has 1 aromatic carbocycles. The van der Waals surface area contributed by atoms with Gasteiger partial charge in [-0.2, -0.15) is 5.26 Å². The number of nitriles is 1. The number of hydrogen-bond acceptors (Lipinski definition) is 5. The monoisotopic (exact) mass is 274 g/mol. The van der Waals surface area contributed by atoms with Crippen molar-refractivity contribution in [1.82, 2.24) is 4.90 Å². The molecule has 0 spiro atoms. The summed E-state index contributed by atoms with van der Waals surface area (Å²) in [5.41, 5.74) is 0.884. The highest BCUT2D eigenvalue weighted by molar-refractivity contribution is 5.64. The van der Waals surface area contributed by atoms with Crippen LogP contribution in [0.5, 0.6) is 0 Å². The number of nitro benzene ring substituents is 1. The van der Waals surface area contributed by atoms with Crippen LogP contribution in [0.3, 0.4) is 0 Å². The van der Waals surface area contributed by atoms with Crippen LogP contribution in [0.4, 0.5) is 11.4 Å². The predicted molar refractivity (Wildman–Crippen MR) is 76.5 cm³/mol. The van der Waals surface area contributed by atoms with E-state index in [1.807, 2.05) is 6.07 Å². The average molecular weight is 274 g/mol. The second-order valence-electron chi connectivity index (χ2n) is 5.25. The van der Waals surface area contributed by atoms with Gasteiger partial charge in [-0.25, -0.2) is 0 Å². The van der Waals surface area contributed by atoms with Crippen molar-refractivity contribution in [2.45, 2.75) is 12.8 Å². The molecule has 1 aliphatic heterocycles. The molecular formula is C14H18N4O2. The molecule has 1 aromatic rings. The Hall–Kier alpha value is -2.13. The van der Waals surface area contributed by atoms with Gasteiger partial charge < -0.3 is 10.2 Å². The zero-order valence-corrected chi connectivity index (χ0v) is 11.5. The number of likely N-dealkylation sites (tertiary alicyclic amines) is 1. The number of nitrogens with one attached hydrogen (secondary N) is 1.